The molecule has 2 aromatic rings. The van der Waals surface area contributed by atoms with Crippen LogP contribution >= 0.6 is 23.4 Å². The molecule has 0 radical (unpaired) electrons. The molecular weight excluding hydrogens is 290 g/mol. The minimum Gasteiger partial charge on any atom is -0.399 e. The Labute approximate surface area is 128 Å². The van der Waals surface area contributed by atoms with E-state index in [2.05, 4.69) is 36.3 Å². The second kappa shape index (κ2) is 7.36. The summed E-state index contributed by atoms with van der Waals surface area (Å²) in [5.41, 5.74) is 3.18. The van der Waals surface area contributed by atoms with Crippen LogP contribution in [0.4, 0.5) is 0 Å². The van der Waals surface area contributed by atoms with E-state index in [9.17, 15) is 0 Å². The van der Waals surface area contributed by atoms with Crippen molar-refractivity contribution in [2.75, 3.05) is 12.9 Å². The summed E-state index contributed by atoms with van der Waals surface area (Å²) in [5.74, 6) is 0.749. The van der Waals surface area contributed by atoms with Crippen LogP contribution in [0.1, 0.15) is 11.1 Å². The lowest BCUT2D eigenvalue weighted by molar-refractivity contribution is 0.213. The number of oxime groups is 1. The molecule has 104 valence electrons. The number of aryl methyl sites for hydroxylation is 1. The molecule has 0 amide bonds. The summed E-state index contributed by atoms with van der Waals surface area (Å²) in [6.07, 6.45) is 0. The zero-order chi connectivity index (χ0) is 14.4. The molecule has 0 fully saturated rings. The zero-order valence-corrected chi connectivity index (χ0v) is 13.0. The molecule has 20 heavy (non-hydrogen) atoms. The van der Waals surface area contributed by atoms with Gasteiger partial charge in [-0.15, -0.1) is 11.8 Å². The van der Waals surface area contributed by atoms with Gasteiger partial charge < -0.3 is 4.84 Å². The average molecular weight is 306 g/mol. The van der Waals surface area contributed by atoms with Gasteiger partial charge in [0.2, 0.25) is 0 Å². The minimum absolute atomic E-state index is 0.719. The standard InChI is InChI=1S/C16H16ClNOS/c1-12-3-9-15(10-4-12)20-11-16(18-19-2)13-5-7-14(17)8-6-13/h3-10H,11H2,1-2H3/b18-16+. The first-order valence-electron chi connectivity index (χ1n) is 6.24. The van der Waals surface area contributed by atoms with E-state index in [1.807, 2.05) is 24.3 Å². The highest BCUT2D eigenvalue weighted by molar-refractivity contribution is 8.00. The van der Waals surface area contributed by atoms with Crippen LogP contribution in [-0.2, 0) is 4.84 Å². The van der Waals surface area contributed by atoms with Gasteiger partial charge in [-0.1, -0.05) is 46.6 Å². The van der Waals surface area contributed by atoms with Crippen LogP contribution in [-0.4, -0.2) is 18.6 Å². The van der Waals surface area contributed by atoms with Gasteiger partial charge in [0.1, 0.15) is 7.11 Å². The fourth-order valence-electron chi connectivity index (χ4n) is 1.70. The fraction of sp³-hybridized carbons (Fsp3) is 0.188. The van der Waals surface area contributed by atoms with Crippen LogP contribution in [0.3, 0.4) is 0 Å². The Kier molecular flexibility index (Phi) is 5.50. The molecule has 2 aromatic carbocycles. The number of rotatable bonds is 5. The van der Waals surface area contributed by atoms with E-state index in [4.69, 9.17) is 16.4 Å². The molecule has 0 atom stereocenters. The smallest absolute Gasteiger partial charge is 0.106 e. The van der Waals surface area contributed by atoms with Crippen LogP contribution in [0.2, 0.25) is 5.02 Å². The van der Waals surface area contributed by atoms with Gasteiger partial charge in [-0.05, 0) is 31.2 Å². The maximum atomic E-state index is 5.90. The lowest BCUT2D eigenvalue weighted by atomic mass is 10.1. The summed E-state index contributed by atoms with van der Waals surface area (Å²) in [4.78, 5) is 6.15. The van der Waals surface area contributed by atoms with E-state index in [1.165, 1.54) is 10.5 Å². The quantitative estimate of drug-likeness (QED) is 0.450. The van der Waals surface area contributed by atoms with E-state index < -0.39 is 0 Å². The van der Waals surface area contributed by atoms with Crippen molar-refractivity contribution < 1.29 is 4.84 Å². The molecule has 0 unspecified atom stereocenters. The van der Waals surface area contributed by atoms with E-state index in [0.29, 0.717) is 0 Å². The number of benzene rings is 2. The van der Waals surface area contributed by atoms with Gasteiger partial charge in [0.25, 0.3) is 0 Å². The summed E-state index contributed by atoms with van der Waals surface area (Å²) < 4.78 is 0. The minimum atomic E-state index is 0.719. The van der Waals surface area contributed by atoms with Gasteiger partial charge in [0.05, 0.1) is 5.71 Å². The van der Waals surface area contributed by atoms with Gasteiger partial charge in [0.15, 0.2) is 0 Å². The van der Waals surface area contributed by atoms with Crippen molar-refractivity contribution in [3.63, 3.8) is 0 Å². The van der Waals surface area contributed by atoms with Crippen LogP contribution < -0.4 is 0 Å². The lowest BCUT2D eigenvalue weighted by Crippen LogP contribution is -2.05. The third-order valence-corrected chi connectivity index (χ3v) is 4.05. The van der Waals surface area contributed by atoms with Gasteiger partial charge >= 0.3 is 0 Å². The Morgan fingerprint density at radius 1 is 1.10 bits per heavy atom. The summed E-state index contributed by atoms with van der Waals surface area (Å²) in [6, 6.07) is 16.1. The molecule has 2 nitrogen and oxygen atoms in total. The summed E-state index contributed by atoms with van der Waals surface area (Å²) in [6.45, 7) is 2.08. The molecule has 4 heteroatoms. The predicted molar refractivity (Wildman–Crippen MR) is 86.9 cm³/mol. The maximum absolute atomic E-state index is 5.90. The van der Waals surface area contributed by atoms with Gasteiger partial charge in [-0.2, -0.15) is 0 Å². The monoisotopic (exact) mass is 305 g/mol. The molecule has 0 aliphatic carbocycles. The summed E-state index contributed by atoms with van der Waals surface area (Å²) >= 11 is 7.64. The number of thioether (sulfide) groups is 1. The number of halogens is 1. The SMILES string of the molecule is CO/N=C(\CSc1ccc(C)cc1)c1ccc(Cl)cc1. The number of nitrogens with zero attached hydrogens (tertiary/aromatic N) is 1. The molecule has 0 aliphatic rings. The van der Waals surface area contributed by atoms with Crippen molar-refractivity contribution in [3.05, 3.63) is 64.7 Å². The van der Waals surface area contributed by atoms with Crippen molar-refractivity contribution in [2.24, 2.45) is 5.16 Å². The highest BCUT2D eigenvalue weighted by Gasteiger charge is 2.06. The lowest BCUT2D eigenvalue weighted by Gasteiger charge is -2.06. The molecule has 0 bridgehead atoms. The number of hydrogen-bond acceptors (Lipinski definition) is 3. The van der Waals surface area contributed by atoms with E-state index in [-0.39, 0.29) is 0 Å². The maximum Gasteiger partial charge on any atom is 0.106 e. The van der Waals surface area contributed by atoms with Crippen LogP contribution in [0.15, 0.2) is 58.6 Å². The molecule has 2 rings (SSSR count). The Balaban J connectivity index is 2.08. The Morgan fingerprint density at radius 2 is 1.75 bits per heavy atom. The summed E-state index contributed by atoms with van der Waals surface area (Å²) in [5, 5.41) is 4.83. The third-order valence-electron chi connectivity index (χ3n) is 2.78. The molecule has 0 heterocycles. The molecule has 0 aromatic heterocycles. The van der Waals surface area contributed by atoms with Crippen molar-refractivity contribution in [2.45, 2.75) is 11.8 Å². The first-order chi connectivity index (χ1) is 9.69. The van der Waals surface area contributed by atoms with Crippen molar-refractivity contribution in [3.8, 4) is 0 Å². The number of hydrogen-bond donors (Lipinski definition) is 0. The van der Waals surface area contributed by atoms with Crippen molar-refractivity contribution in [1.82, 2.24) is 0 Å². The van der Waals surface area contributed by atoms with Gasteiger partial charge in [0, 0.05) is 21.2 Å². The van der Waals surface area contributed by atoms with E-state index in [0.717, 1.165) is 22.1 Å². The molecule has 0 N–H and O–H groups in total. The highest BCUT2D eigenvalue weighted by atomic mass is 35.5. The molecule has 0 saturated heterocycles. The Bertz CT molecular complexity index is 578. The molecule has 0 saturated carbocycles. The largest absolute Gasteiger partial charge is 0.399 e. The topological polar surface area (TPSA) is 21.6 Å². The van der Waals surface area contributed by atoms with Crippen molar-refractivity contribution in [1.29, 1.82) is 0 Å². The highest BCUT2D eigenvalue weighted by Crippen LogP contribution is 2.21. The van der Waals surface area contributed by atoms with Crippen LogP contribution in [0, 0.1) is 6.92 Å². The molecular formula is C16H16ClNOS. The summed E-state index contributed by atoms with van der Waals surface area (Å²) in [7, 11) is 1.56. The fourth-order valence-corrected chi connectivity index (χ4v) is 2.68. The van der Waals surface area contributed by atoms with Gasteiger partial charge in [-0.25, -0.2) is 0 Å². The average Bonchev–Trinajstić information content (AvgIpc) is 2.46. The van der Waals surface area contributed by atoms with Gasteiger partial charge in [-0.3, -0.25) is 0 Å². The predicted octanol–water partition coefficient (Wildman–Crippen LogP) is 4.79. The zero-order valence-electron chi connectivity index (χ0n) is 11.5. The second-order valence-corrected chi connectivity index (χ2v) is 5.81. The molecule has 0 spiro atoms. The first kappa shape index (κ1) is 14.9. The Morgan fingerprint density at radius 3 is 2.35 bits per heavy atom. The second-order valence-electron chi connectivity index (χ2n) is 4.33. The third kappa shape index (κ3) is 4.29. The van der Waals surface area contributed by atoms with Crippen LogP contribution in [0.5, 0.6) is 0 Å². The van der Waals surface area contributed by atoms with E-state index in [1.54, 1.807) is 18.9 Å². The van der Waals surface area contributed by atoms with Crippen molar-refractivity contribution >= 4 is 29.1 Å². The molecule has 0 aliphatic heterocycles. The Hall–Kier alpha value is -1.45. The normalized spacial score (nSPS) is 11.4. The first-order valence-corrected chi connectivity index (χ1v) is 7.61. The van der Waals surface area contributed by atoms with Crippen LogP contribution in [0.25, 0.3) is 0 Å². The van der Waals surface area contributed by atoms with E-state index >= 15 is 0 Å².